The molecule has 0 aliphatic carbocycles. The van der Waals surface area contributed by atoms with Gasteiger partial charge in [0, 0.05) is 11.9 Å². The molecular formula is C14H14N2O4S. The summed E-state index contributed by atoms with van der Waals surface area (Å²) >= 11 is 1.01. The predicted octanol–water partition coefficient (Wildman–Crippen LogP) is 1.82. The van der Waals surface area contributed by atoms with Gasteiger partial charge in [0.15, 0.2) is 10.7 Å². The summed E-state index contributed by atoms with van der Waals surface area (Å²) in [6, 6.07) is 7.57. The number of hydrogen-bond donors (Lipinski definition) is 2. The highest BCUT2D eigenvalue weighted by atomic mass is 32.1. The lowest BCUT2D eigenvalue weighted by Crippen LogP contribution is -2.25. The number of benzene rings is 1. The third kappa shape index (κ3) is 3.79. The molecule has 1 aromatic heterocycles. The van der Waals surface area contributed by atoms with E-state index in [1.54, 1.807) is 7.11 Å². The molecule has 0 bridgehead atoms. The quantitative estimate of drug-likeness (QED) is 0.850. The van der Waals surface area contributed by atoms with Crippen LogP contribution in [0.25, 0.3) is 0 Å². The topological polar surface area (TPSA) is 88.5 Å². The van der Waals surface area contributed by atoms with E-state index in [0.29, 0.717) is 13.0 Å². The van der Waals surface area contributed by atoms with Gasteiger partial charge in [-0.3, -0.25) is 4.79 Å². The number of carbonyl (C=O) groups is 2. The van der Waals surface area contributed by atoms with Gasteiger partial charge in [-0.2, -0.15) is 0 Å². The van der Waals surface area contributed by atoms with Gasteiger partial charge in [-0.1, -0.05) is 18.2 Å². The van der Waals surface area contributed by atoms with Crippen LogP contribution in [0.1, 0.15) is 25.9 Å². The van der Waals surface area contributed by atoms with Gasteiger partial charge in [-0.25, -0.2) is 9.78 Å². The molecule has 21 heavy (non-hydrogen) atoms. The Balaban J connectivity index is 1.90. The van der Waals surface area contributed by atoms with Crippen LogP contribution in [0, 0.1) is 0 Å². The largest absolute Gasteiger partial charge is 0.496 e. The number of rotatable bonds is 6. The first-order chi connectivity index (χ1) is 10.1. The molecule has 0 saturated carbocycles. The lowest BCUT2D eigenvalue weighted by atomic mass is 10.1. The summed E-state index contributed by atoms with van der Waals surface area (Å²) in [4.78, 5) is 26.3. The second-order valence-electron chi connectivity index (χ2n) is 4.16. The lowest BCUT2D eigenvalue weighted by Gasteiger charge is -2.08. The number of thiazole rings is 1. The minimum Gasteiger partial charge on any atom is -0.496 e. The predicted molar refractivity (Wildman–Crippen MR) is 78.1 cm³/mol. The van der Waals surface area contributed by atoms with Crippen molar-refractivity contribution in [1.82, 2.24) is 10.3 Å². The van der Waals surface area contributed by atoms with Crippen LogP contribution in [0.4, 0.5) is 0 Å². The summed E-state index contributed by atoms with van der Waals surface area (Å²) in [5.41, 5.74) is 0.876. The molecule has 7 heteroatoms. The molecule has 0 radical (unpaired) electrons. The van der Waals surface area contributed by atoms with Gasteiger partial charge < -0.3 is 15.2 Å². The number of nitrogens with one attached hydrogen (secondary N) is 1. The molecule has 6 nitrogen and oxygen atoms in total. The maximum atomic E-state index is 11.8. The zero-order valence-corrected chi connectivity index (χ0v) is 12.1. The molecule has 1 amide bonds. The fraction of sp³-hybridized carbons (Fsp3) is 0.214. The van der Waals surface area contributed by atoms with E-state index < -0.39 is 5.97 Å². The first-order valence-electron chi connectivity index (χ1n) is 6.20. The Bertz CT molecular complexity index is 654. The van der Waals surface area contributed by atoms with Gasteiger partial charge in [-0.05, 0) is 18.1 Å². The molecule has 110 valence electrons. The third-order valence-electron chi connectivity index (χ3n) is 2.79. The van der Waals surface area contributed by atoms with Crippen molar-refractivity contribution in [1.29, 1.82) is 0 Å². The summed E-state index contributed by atoms with van der Waals surface area (Å²) in [7, 11) is 1.60. The smallest absolute Gasteiger partial charge is 0.355 e. The lowest BCUT2D eigenvalue weighted by molar-refractivity contribution is 0.0691. The summed E-state index contributed by atoms with van der Waals surface area (Å²) in [6.07, 6.45) is 0.618. The van der Waals surface area contributed by atoms with Gasteiger partial charge in [0.2, 0.25) is 0 Å². The number of carboxylic acid groups (broad SMARTS) is 1. The monoisotopic (exact) mass is 306 g/mol. The maximum absolute atomic E-state index is 11.8. The second kappa shape index (κ2) is 6.85. The van der Waals surface area contributed by atoms with Crippen LogP contribution in [-0.2, 0) is 6.42 Å². The SMILES string of the molecule is COc1ccccc1CCNC(=O)c1nc(C(=O)O)cs1. The number of nitrogens with zero attached hydrogens (tertiary/aromatic N) is 1. The van der Waals surface area contributed by atoms with E-state index in [1.165, 1.54) is 5.38 Å². The first kappa shape index (κ1) is 15.0. The van der Waals surface area contributed by atoms with Gasteiger partial charge in [-0.15, -0.1) is 11.3 Å². The molecule has 0 saturated heterocycles. The number of para-hydroxylation sites is 1. The number of aromatic nitrogens is 1. The first-order valence-corrected chi connectivity index (χ1v) is 7.08. The number of methoxy groups -OCH3 is 1. The van der Waals surface area contributed by atoms with Crippen LogP contribution >= 0.6 is 11.3 Å². The molecule has 0 atom stereocenters. The van der Waals surface area contributed by atoms with Crippen molar-refractivity contribution in [3.63, 3.8) is 0 Å². The van der Waals surface area contributed by atoms with E-state index in [0.717, 1.165) is 22.6 Å². The van der Waals surface area contributed by atoms with E-state index in [2.05, 4.69) is 10.3 Å². The van der Waals surface area contributed by atoms with Crippen molar-refractivity contribution in [3.8, 4) is 5.75 Å². The number of ether oxygens (including phenoxy) is 1. The van der Waals surface area contributed by atoms with Crippen LogP contribution in [-0.4, -0.2) is 35.6 Å². The average molecular weight is 306 g/mol. The Kier molecular flexibility index (Phi) is 4.89. The van der Waals surface area contributed by atoms with Crippen molar-refractivity contribution in [3.05, 3.63) is 45.9 Å². The Labute approximate surface area is 125 Å². The molecule has 0 aliphatic heterocycles. The zero-order chi connectivity index (χ0) is 15.2. The molecule has 2 rings (SSSR count). The van der Waals surface area contributed by atoms with E-state index in [9.17, 15) is 9.59 Å². The van der Waals surface area contributed by atoms with E-state index in [-0.39, 0.29) is 16.6 Å². The fourth-order valence-electron chi connectivity index (χ4n) is 1.77. The molecule has 2 N–H and O–H groups in total. The molecule has 2 aromatic rings. The van der Waals surface area contributed by atoms with Crippen LogP contribution in [0.15, 0.2) is 29.6 Å². The number of amides is 1. The van der Waals surface area contributed by atoms with Crippen molar-refractivity contribution >= 4 is 23.2 Å². The minimum atomic E-state index is -1.14. The zero-order valence-electron chi connectivity index (χ0n) is 11.3. The second-order valence-corrected chi connectivity index (χ2v) is 5.02. The van der Waals surface area contributed by atoms with Gasteiger partial charge in [0.1, 0.15) is 5.75 Å². The van der Waals surface area contributed by atoms with Crippen molar-refractivity contribution in [2.24, 2.45) is 0 Å². The summed E-state index contributed by atoms with van der Waals surface area (Å²) in [6.45, 7) is 0.418. The van der Waals surface area contributed by atoms with Crippen LogP contribution < -0.4 is 10.1 Å². The van der Waals surface area contributed by atoms with Crippen LogP contribution in [0.5, 0.6) is 5.75 Å². The summed E-state index contributed by atoms with van der Waals surface area (Å²) in [5.74, 6) is -0.740. The Morgan fingerprint density at radius 2 is 2.14 bits per heavy atom. The summed E-state index contributed by atoms with van der Waals surface area (Å²) in [5, 5.41) is 13.0. The van der Waals surface area contributed by atoms with Crippen LogP contribution in [0.2, 0.25) is 0 Å². The van der Waals surface area contributed by atoms with Gasteiger partial charge in [0.05, 0.1) is 7.11 Å². The number of aromatic carboxylic acids is 1. The normalized spacial score (nSPS) is 10.1. The van der Waals surface area contributed by atoms with Crippen LogP contribution in [0.3, 0.4) is 0 Å². The molecule has 0 aliphatic rings. The molecule has 0 unspecified atom stereocenters. The molecule has 1 heterocycles. The van der Waals surface area contributed by atoms with Crippen molar-refractivity contribution in [2.75, 3.05) is 13.7 Å². The number of hydrogen-bond acceptors (Lipinski definition) is 5. The van der Waals surface area contributed by atoms with Gasteiger partial charge in [0.25, 0.3) is 5.91 Å². The van der Waals surface area contributed by atoms with E-state index in [4.69, 9.17) is 9.84 Å². The maximum Gasteiger partial charge on any atom is 0.355 e. The average Bonchev–Trinajstić information content (AvgIpc) is 2.98. The minimum absolute atomic E-state index is 0.116. The fourth-order valence-corrected chi connectivity index (χ4v) is 2.48. The third-order valence-corrected chi connectivity index (χ3v) is 3.63. The number of carbonyl (C=O) groups excluding carboxylic acids is 1. The Hall–Kier alpha value is -2.41. The van der Waals surface area contributed by atoms with Crippen molar-refractivity contribution < 1.29 is 19.4 Å². The van der Waals surface area contributed by atoms with E-state index >= 15 is 0 Å². The summed E-state index contributed by atoms with van der Waals surface area (Å²) < 4.78 is 5.23. The standard InChI is InChI=1S/C14H14N2O4S/c1-20-11-5-3-2-4-9(11)6-7-15-12(17)13-16-10(8-21-13)14(18)19/h2-5,8H,6-7H2,1H3,(H,15,17)(H,18,19). The van der Waals surface area contributed by atoms with E-state index in [1.807, 2.05) is 24.3 Å². The molecular weight excluding hydrogens is 292 g/mol. The highest BCUT2D eigenvalue weighted by molar-refractivity contribution is 7.11. The molecule has 1 aromatic carbocycles. The van der Waals surface area contributed by atoms with Gasteiger partial charge >= 0.3 is 5.97 Å². The molecule has 0 spiro atoms. The van der Waals surface area contributed by atoms with Crippen molar-refractivity contribution in [2.45, 2.75) is 6.42 Å². The highest BCUT2D eigenvalue weighted by Gasteiger charge is 2.14. The number of carboxylic acids is 1. The Morgan fingerprint density at radius 1 is 1.38 bits per heavy atom. The highest BCUT2D eigenvalue weighted by Crippen LogP contribution is 2.17. The Morgan fingerprint density at radius 3 is 2.81 bits per heavy atom. The molecule has 0 fully saturated rings.